The van der Waals surface area contributed by atoms with Gasteiger partial charge < -0.3 is 10.0 Å². The number of rotatable bonds is 8. The van der Waals surface area contributed by atoms with Gasteiger partial charge in [0.15, 0.2) is 0 Å². The molecular weight excluding hydrogens is 270 g/mol. The molecule has 1 fully saturated rings. The Balaban J connectivity index is 1.63. The van der Waals surface area contributed by atoms with Crippen molar-refractivity contribution < 1.29 is 5.11 Å². The summed E-state index contributed by atoms with van der Waals surface area (Å²) in [6, 6.07) is 0. The third kappa shape index (κ3) is 5.13. The molecule has 0 bridgehead atoms. The van der Waals surface area contributed by atoms with E-state index in [1.165, 1.54) is 36.8 Å². The normalized spacial score (nSPS) is 17.7. The summed E-state index contributed by atoms with van der Waals surface area (Å²) in [4.78, 5) is 9.71. The van der Waals surface area contributed by atoms with Gasteiger partial charge in [0, 0.05) is 44.7 Å². The quantitative estimate of drug-likeness (QED) is 0.745. The molecule has 1 aliphatic heterocycles. The molecule has 0 saturated carbocycles. The monoisotopic (exact) mass is 297 g/mol. The lowest BCUT2D eigenvalue weighted by Crippen LogP contribution is -2.46. The van der Waals surface area contributed by atoms with Crippen LogP contribution in [-0.2, 0) is 13.0 Å². The highest BCUT2D eigenvalue weighted by atomic mass is 32.1. The molecule has 0 spiro atoms. The topological polar surface area (TPSA) is 39.6 Å². The van der Waals surface area contributed by atoms with Crippen LogP contribution in [0, 0.1) is 0 Å². The van der Waals surface area contributed by atoms with Gasteiger partial charge in [-0.1, -0.05) is 6.92 Å². The van der Waals surface area contributed by atoms with E-state index in [4.69, 9.17) is 5.11 Å². The zero-order valence-electron chi connectivity index (χ0n) is 12.6. The van der Waals surface area contributed by atoms with Crippen LogP contribution in [0.2, 0.25) is 0 Å². The number of thiazole rings is 1. The van der Waals surface area contributed by atoms with E-state index in [1.54, 1.807) is 11.3 Å². The van der Waals surface area contributed by atoms with Crippen LogP contribution in [0.1, 0.15) is 36.9 Å². The molecule has 1 saturated heterocycles. The first-order valence-corrected chi connectivity index (χ1v) is 8.68. The molecule has 2 heterocycles. The lowest BCUT2D eigenvalue weighted by Gasteiger charge is -2.34. The van der Waals surface area contributed by atoms with Crippen LogP contribution < -0.4 is 0 Å². The van der Waals surface area contributed by atoms with Crippen LogP contribution in [0.25, 0.3) is 0 Å². The summed E-state index contributed by atoms with van der Waals surface area (Å²) in [5.41, 5.74) is 1.24. The average Bonchev–Trinajstić information content (AvgIpc) is 2.93. The maximum Gasteiger partial charge on any atom is 0.0926 e. The zero-order chi connectivity index (χ0) is 14.2. The van der Waals surface area contributed by atoms with Gasteiger partial charge in [0.05, 0.1) is 10.7 Å². The molecule has 114 valence electrons. The van der Waals surface area contributed by atoms with Gasteiger partial charge in [-0.25, -0.2) is 4.98 Å². The summed E-state index contributed by atoms with van der Waals surface area (Å²) in [5, 5.41) is 12.2. The van der Waals surface area contributed by atoms with Gasteiger partial charge >= 0.3 is 0 Å². The Hall–Kier alpha value is -0.490. The van der Waals surface area contributed by atoms with E-state index in [0.717, 1.165) is 38.9 Å². The van der Waals surface area contributed by atoms with Gasteiger partial charge in [-0.2, -0.15) is 0 Å². The van der Waals surface area contributed by atoms with E-state index in [2.05, 4.69) is 27.1 Å². The van der Waals surface area contributed by atoms with Gasteiger partial charge in [-0.3, -0.25) is 4.90 Å². The van der Waals surface area contributed by atoms with Crippen molar-refractivity contribution in [3.8, 4) is 0 Å². The number of aryl methyl sites for hydroxylation is 1. The Morgan fingerprint density at radius 3 is 2.55 bits per heavy atom. The predicted octanol–water partition coefficient (Wildman–Crippen LogP) is 1.99. The van der Waals surface area contributed by atoms with E-state index in [0.29, 0.717) is 6.61 Å². The van der Waals surface area contributed by atoms with Crippen LogP contribution in [0.4, 0.5) is 0 Å². The molecule has 0 aromatic carbocycles. The van der Waals surface area contributed by atoms with Crippen molar-refractivity contribution in [2.24, 2.45) is 0 Å². The summed E-state index contributed by atoms with van der Waals surface area (Å²) in [5.74, 6) is 0. The highest BCUT2D eigenvalue weighted by molar-refractivity contribution is 7.09. The fourth-order valence-electron chi connectivity index (χ4n) is 2.61. The van der Waals surface area contributed by atoms with Crippen LogP contribution in [0.15, 0.2) is 5.38 Å². The van der Waals surface area contributed by atoms with E-state index in [-0.39, 0.29) is 0 Å². The molecule has 0 atom stereocenters. The van der Waals surface area contributed by atoms with Crippen LogP contribution in [0.3, 0.4) is 0 Å². The minimum Gasteiger partial charge on any atom is -0.396 e. The Labute approximate surface area is 126 Å². The number of aromatic nitrogens is 1. The highest BCUT2D eigenvalue weighted by Crippen LogP contribution is 2.13. The molecule has 0 unspecified atom stereocenters. The van der Waals surface area contributed by atoms with Crippen LogP contribution in [-0.4, -0.2) is 59.2 Å². The van der Waals surface area contributed by atoms with Gasteiger partial charge in [0.2, 0.25) is 0 Å². The highest BCUT2D eigenvalue weighted by Gasteiger charge is 2.17. The van der Waals surface area contributed by atoms with Crippen molar-refractivity contribution in [1.82, 2.24) is 14.8 Å². The first-order valence-electron chi connectivity index (χ1n) is 7.80. The molecule has 0 aliphatic carbocycles. The molecular formula is C15H27N3OS. The number of aliphatic hydroxyl groups is 1. The fraction of sp³-hybridized carbons (Fsp3) is 0.800. The van der Waals surface area contributed by atoms with Gasteiger partial charge in [0.25, 0.3) is 0 Å². The first kappa shape index (κ1) is 15.9. The standard InChI is InChI=1S/C15H27N3OS/c1-2-15-16-14(13-20-15)12-18-9-7-17(8-10-18)6-4-3-5-11-19/h13,19H,2-12H2,1H3. The summed E-state index contributed by atoms with van der Waals surface area (Å²) < 4.78 is 0. The zero-order valence-corrected chi connectivity index (χ0v) is 13.4. The second-order valence-electron chi connectivity index (χ2n) is 5.49. The Morgan fingerprint density at radius 1 is 1.15 bits per heavy atom. The third-order valence-electron chi connectivity index (χ3n) is 3.88. The lowest BCUT2D eigenvalue weighted by atomic mass is 10.2. The molecule has 0 radical (unpaired) electrons. The Kier molecular flexibility index (Phi) is 6.93. The van der Waals surface area contributed by atoms with Crippen molar-refractivity contribution >= 4 is 11.3 Å². The van der Waals surface area contributed by atoms with Crippen molar-refractivity contribution in [3.05, 3.63) is 16.1 Å². The number of nitrogens with zero attached hydrogens (tertiary/aromatic N) is 3. The molecule has 0 amide bonds. The predicted molar refractivity (Wildman–Crippen MR) is 84.1 cm³/mol. The van der Waals surface area contributed by atoms with E-state index < -0.39 is 0 Å². The number of hydrogen-bond donors (Lipinski definition) is 1. The first-order chi connectivity index (χ1) is 9.81. The largest absolute Gasteiger partial charge is 0.396 e. The van der Waals surface area contributed by atoms with E-state index in [1.807, 2.05) is 0 Å². The van der Waals surface area contributed by atoms with Crippen LogP contribution >= 0.6 is 11.3 Å². The molecule has 1 aliphatic rings. The van der Waals surface area contributed by atoms with Crippen molar-refractivity contribution in [2.75, 3.05) is 39.3 Å². The van der Waals surface area contributed by atoms with Crippen molar-refractivity contribution in [2.45, 2.75) is 39.2 Å². The lowest BCUT2D eigenvalue weighted by molar-refractivity contribution is 0.124. The molecule has 20 heavy (non-hydrogen) atoms. The van der Waals surface area contributed by atoms with E-state index >= 15 is 0 Å². The van der Waals surface area contributed by atoms with Gasteiger partial charge in [-0.15, -0.1) is 11.3 Å². The minimum atomic E-state index is 0.334. The number of aliphatic hydroxyl groups excluding tert-OH is 1. The number of unbranched alkanes of at least 4 members (excludes halogenated alkanes) is 2. The maximum absolute atomic E-state index is 8.77. The van der Waals surface area contributed by atoms with E-state index in [9.17, 15) is 0 Å². The molecule has 1 N–H and O–H groups in total. The summed E-state index contributed by atoms with van der Waals surface area (Å²) in [6.07, 6.45) is 4.36. The molecule has 2 rings (SSSR count). The minimum absolute atomic E-state index is 0.334. The second-order valence-corrected chi connectivity index (χ2v) is 6.43. The molecule has 4 nitrogen and oxygen atoms in total. The summed E-state index contributed by atoms with van der Waals surface area (Å²) >= 11 is 1.79. The SMILES string of the molecule is CCc1nc(CN2CCN(CCCCCO)CC2)cs1. The smallest absolute Gasteiger partial charge is 0.0926 e. The summed E-state index contributed by atoms with van der Waals surface area (Å²) in [7, 11) is 0. The summed E-state index contributed by atoms with van der Waals surface area (Å²) in [6.45, 7) is 9.34. The number of piperazine rings is 1. The van der Waals surface area contributed by atoms with Crippen molar-refractivity contribution in [1.29, 1.82) is 0 Å². The van der Waals surface area contributed by atoms with Crippen molar-refractivity contribution in [3.63, 3.8) is 0 Å². The number of hydrogen-bond acceptors (Lipinski definition) is 5. The average molecular weight is 297 g/mol. The molecule has 1 aromatic rings. The van der Waals surface area contributed by atoms with Gasteiger partial charge in [-0.05, 0) is 32.2 Å². The van der Waals surface area contributed by atoms with Gasteiger partial charge in [0.1, 0.15) is 0 Å². The molecule has 1 aromatic heterocycles. The second kappa shape index (κ2) is 8.72. The maximum atomic E-state index is 8.77. The fourth-order valence-corrected chi connectivity index (χ4v) is 3.34. The Bertz CT molecular complexity index is 375. The third-order valence-corrected chi connectivity index (χ3v) is 4.93. The Morgan fingerprint density at radius 2 is 1.90 bits per heavy atom. The molecule has 5 heteroatoms. The van der Waals surface area contributed by atoms with Crippen LogP contribution in [0.5, 0.6) is 0 Å².